The van der Waals surface area contributed by atoms with E-state index in [1.54, 1.807) is 0 Å². The van der Waals surface area contributed by atoms with Crippen molar-refractivity contribution in [2.45, 2.75) is 53.9 Å². The summed E-state index contributed by atoms with van der Waals surface area (Å²) in [6, 6.07) is 0. The van der Waals surface area contributed by atoms with Crippen LogP contribution in [-0.4, -0.2) is 24.5 Å². The van der Waals surface area contributed by atoms with Gasteiger partial charge in [0.15, 0.2) is 0 Å². The van der Waals surface area contributed by atoms with Crippen LogP contribution in [0.15, 0.2) is 0 Å². The summed E-state index contributed by atoms with van der Waals surface area (Å²) >= 11 is 0. The first-order chi connectivity index (χ1) is 6.72. The number of hydrogen-bond acceptors (Lipinski definition) is 1. The van der Waals surface area contributed by atoms with Crippen LogP contribution in [0.5, 0.6) is 0 Å². The lowest BCUT2D eigenvalue weighted by atomic mass is 9.95. The average Bonchev–Trinajstić information content (AvgIpc) is 2.20. The first kappa shape index (κ1) is 14.0. The Morgan fingerprint density at radius 1 is 1.29 bits per heavy atom. The highest BCUT2D eigenvalue weighted by atomic mass is 15.1. The van der Waals surface area contributed by atoms with Crippen molar-refractivity contribution in [3.63, 3.8) is 0 Å². The van der Waals surface area contributed by atoms with Crippen LogP contribution in [0.3, 0.4) is 0 Å². The van der Waals surface area contributed by atoms with E-state index < -0.39 is 0 Å². The van der Waals surface area contributed by atoms with Crippen LogP contribution >= 0.6 is 0 Å². The van der Waals surface area contributed by atoms with Crippen LogP contribution < -0.4 is 0 Å². The Balaban J connectivity index is 0.000000791. The summed E-state index contributed by atoms with van der Waals surface area (Å²) in [7, 11) is 0. The molecule has 0 radical (unpaired) electrons. The quantitative estimate of drug-likeness (QED) is 0.668. The molecular formula is C13H29N. The summed E-state index contributed by atoms with van der Waals surface area (Å²) in [6.07, 6.45) is 4.25. The molecule has 0 bridgehead atoms. The molecule has 1 aliphatic rings. The molecule has 0 aromatic rings. The number of rotatable bonds is 3. The van der Waals surface area contributed by atoms with E-state index in [4.69, 9.17) is 0 Å². The van der Waals surface area contributed by atoms with Crippen LogP contribution in [-0.2, 0) is 0 Å². The molecule has 0 aliphatic carbocycles. The van der Waals surface area contributed by atoms with Gasteiger partial charge in [-0.05, 0) is 31.2 Å². The summed E-state index contributed by atoms with van der Waals surface area (Å²) in [5.74, 6) is 1.82. The van der Waals surface area contributed by atoms with E-state index in [9.17, 15) is 0 Å². The predicted octanol–water partition coefficient (Wildman–Crippen LogP) is 3.79. The molecule has 1 atom stereocenters. The van der Waals surface area contributed by atoms with Gasteiger partial charge in [-0.2, -0.15) is 0 Å². The Bertz CT molecular complexity index is 120. The highest BCUT2D eigenvalue weighted by Crippen LogP contribution is 2.19. The van der Waals surface area contributed by atoms with Gasteiger partial charge in [0, 0.05) is 13.1 Å². The number of nitrogens with zero attached hydrogens (tertiary/aromatic N) is 1. The average molecular weight is 199 g/mol. The van der Waals surface area contributed by atoms with E-state index in [-0.39, 0.29) is 0 Å². The molecule has 0 spiro atoms. The van der Waals surface area contributed by atoms with Crippen LogP contribution in [0.1, 0.15) is 53.9 Å². The third kappa shape index (κ3) is 5.64. The topological polar surface area (TPSA) is 3.24 Å². The van der Waals surface area contributed by atoms with E-state index >= 15 is 0 Å². The maximum Gasteiger partial charge on any atom is 0.000967 e. The standard InChI is InChI=1S/C11H23N.C2H6/c1-4-11-6-5-7-12(9-11)8-10(2)3;1-2/h10-11H,4-9H2,1-3H3;1-2H3. The molecule has 1 rings (SSSR count). The van der Waals surface area contributed by atoms with Gasteiger partial charge in [-0.25, -0.2) is 0 Å². The zero-order valence-electron chi connectivity index (χ0n) is 10.8. The van der Waals surface area contributed by atoms with E-state index in [2.05, 4.69) is 25.7 Å². The number of hydrogen-bond donors (Lipinski definition) is 0. The molecule has 1 aliphatic heterocycles. The zero-order valence-corrected chi connectivity index (χ0v) is 10.8. The van der Waals surface area contributed by atoms with Crippen molar-refractivity contribution >= 4 is 0 Å². The SMILES string of the molecule is CC.CCC1CCCN(CC(C)C)C1. The van der Waals surface area contributed by atoms with Gasteiger partial charge in [0.2, 0.25) is 0 Å². The second-order valence-electron chi connectivity index (χ2n) is 4.57. The summed E-state index contributed by atoms with van der Waals surface area (Å²) in [5.41, 5.74) is 0. The molecule has 1 heteroatoms. The monoisotopic (exact) mass is 199 g/mol. The maximum absolute atomic E-state index is 2.64. The zero-order chi connectivity index (χ0) is 11.0. The Hall–Kier alpha value is -0.0400. The first-order valence-corrected chi connectivity index (χ1v) is 6.44. The molecule has 0 N–H and O–H groups in total. The molecule has 0 aromatic heterocycles. The minimum Gasteiger partial charge on any atom is -0.303 e. The second-order valence-corrected chi connectivity index (χ2v) is 4.57. The Morgan fingerprint density at radius 3 is 2.43 bits per heavy atom. The van der Waals surface area contributed by atoms with Crippen LogP contribution in [0.4, 0.5) is 0 Å². The number of piperidine rings is 1. The summed E-state index contributed by atoms with van der Waals surface area (Å²) in [5, 5.41) is 0. The lowest BCUT2D eigenvalue weighted by Crippen LogP contribution is -2.37. The smallest absolute Gasteiger partial charge is 0.000967 e. The molecule has 86 valence electrons. The van der Waals surface area contributed by atoms with Crippen molar-refractivity contribution in [3.05, 3.63) is 0 Å². The summed E-state index contributed by atoms with van der Waals surface area (Å²) in [4.78, 5) is 2.64. The summed E-state index contributed by atoms with van der Waals surface area (Å²) < 4.78 is 0. The van der Waals surface area contributed by atoms with Crippen molar-refractivity contribution in [1.82, 2.24) is 4.90 Å². The Morgan fingerprint density at radius 2 is 1.93 bits per heavy atom. The van der Waals surface area contributed by atoms with Crippen molar-refractivity contribution in [2.24, 2.45) is 11.8 Å². The predicted molar refractivity (Wildman–Crippen MR) is 65.6 cm³/mol. The minimum absolute atomic E-state index is 0.834. The molecule has 0 amide bonds. The molecule has 1 fully saturated rings. The van der Waals surface area contributed by atoms with Crippen LogP contribution in [0, 0.1) is 11.8 Å². The minimum atomic E-state index is 0.834. The fraction of sp³-hybridized carbons (Fsp3) is 1.00. The molecule has 0 saturated carbocycles. The van der Waals surface area contributed by atoms with Crippen LogP contribution in [0.2, 0.25) is 0 Å². The van der Waals surface area contributed by atoms with E-state index in [0.717, 1.165) is 11.8 Å². The van der Waals surface area contributed by atoms with Gasteiger partial charge >= 0.3 is 0 Å². The van der Waals surface area contributed by atoms with Gasteiger partial charge in [-0.15, -0.1) is 0 Å². The largest absolute Gasteiger partial charge is 0.303 e. The normalized spacial score (nSPS) is 23.1. The van der Waals surface area contributed by atoms with Gasteiger partial charge in [0.05, 0.1) is 0 Å². The third-order valence-electron chi connectivity index (χ3n) is 2.80. The molecule has 1 nitrogen and oxygen atoms in total. The second kappa shape index (κ2) is 8.28. The first-order valence-electron chi connectivity index (χ1n) is 6.44. The van der Waals surface area contributed by atoms with E-state index in [1.165, 1.54) is 38.9 Å². The van der Waals surface area contributed by atoms with Crippen molar-refractivity contribution in [1.29, 1.82) is 0 Å². The maximum atomic E-state index is 2.64. The molecule has 14 heavy (non-hydrogen) atoms. The lowest BCUT2D eigenvalue weighted by Gasteiger charge is -2.33. The molecule has 1 unspecified atom stereocenters. The third-order valence-corrected chi connectivity index (χ3v) is 2.80. The number of likely N-dealkylation sites (tertiary alicyclic amines) is 1. The van der Waals surface area contributed by atoms with Gasteiger partial charge in [-0.1, -0.05) is 41.0 Å². The van der Waals surface area contributed by atoms with Crippen LogP contribution in [0.25, 0.3) is 0 Å². The van der Waals surface area contributed by atoms with Gasteiger partial charge in [0.1, 0.15) is 0 Å². The van der Waals surface area contributed by atoms with Gasteiger partial charge in [0.25, 0.3) is 0 Å². The lowest BCUT2D eigenvalue weighted by molar-refractivity contribution is 0.156. The Kier molecular flexibility index (Phi) is 8.26. The van der Waals surface area contributed by atoms with Crippen molar-refractivity contribution < 1.29 is 0 Å². The van der Waals surface area contributed by atoms with Crippen molar-refractivity contribution in [2.75, 3.05) is 19.6 Å². The van der Waals surface area contributed by atoms with E-state index in [1.807, 2.05) is 13.8 Å². The molecular weight excluding hydrogens is 170 g/mol. The molecule has 0 aromatic carbocycles. The van der Waals surface area contributed by atoms with E-state index in [0.29, 0.717) is 0 Å². The highest BCUT2D eigenvalue weighted by molar-refractivity contribution is 4.72. The fourth-order valence-corrected chi connectivity index (χ4v) is 2.17. The molecule has 1 heterocycles. The Labute approximate surface area is 90.9 Å². The fourth-order valence-electron chi connectivity index (χ4n) is 2.17. The molecule has 1 saturated heterocycles. The highest BCUT2D eigenvalue weighted by Gasteiger charge is 2.18. The van der Waals surface area contributed by atoms with Gasteiger partial charge < -0.3 is 4.90 Å². The van der Waals surface area contributed by atoms with Crippen molar-refractivity contribution in [3.8, 4) is 0 Å². The summed E-state index contributed by atoms with van der Waals surface area (Å²) in [6.45, 7) is 15.0. The van der Waals surface area contributed by atoms with Gasteiger partial charge in [-0.3, -0.25) is 0 Å².